The van der Waals surface area contributed by atoms with Crippen molar-refractivity contribution in [2.75, 3.05) is 13.1 Å². The van der Waals surface area contributed by atoms with Crippen LogP contribution in [0.4, 0.5) is 0 Å². The average Bonchev–Trinajstić information content (AvgIpc) is 2.95. The fraction of sp³-hybridized carbons (Fsp3) is 0.385. The highest BCUT2D eigenvalue weighted by Crippen LogP contribution is 2.17. The van der Waals surface area contributed by atoms with Gasteiger partial charge in [0.1, 0.15) is 6.04 Å². The van der Waals surface area contributed by atoms with Crippen LogP contribution in [0.15, 0.2) is 35.2 Å². The largest absolute Gasteiger partial charge is 0.480 e. The Bertz CT molecular complexity index is 629. The molecule has 8 heteroatoms. The van der Waals surface area contributed by atoms with Crippen LogP contribution in [0.3, 0.4) is 0 Å². The summed E-state index contributed by atoms with van der Waals surface area (Å²) in [4.78, 5) is 24.2. The number of hydrogen-bond acceptors (Lipinski definition) is 4. The number of likely N-dealkylation sites (tertiary alicyclic amines) is 1. The van der Waals surface area contributed by atoms with Crippen molar-refractivity contribution in [2.24, 2.45) is 0 Å². The molecule has 2 rings (SSSR count). The number of hydrogen-bond donors (Lipinski definition) is 2. The van der Waals surface area contributed by atoms with E-state index in [9.17, 15) is 18.0 Å². The van der Waals surface area contributed by atoms with Gasteiger partial charge in [-0.15, -0.1) is 0 Å². The molecule has 1 aliphatic rings. The van der Waals surface area contributed by atoms with Crippen molar-refractivity contribution >= 4 is 21.9 Å². The molecule has 7 nitrogen and oxygen atoms in total. The van der Waals surface area contributed by atoms with E-state index in [2.05, 4.69) is 4.72 Å². The Hall–Kier alpha value is -1.93. The fourth-order valence-corrected chi connectivity index (χ4v) is 3.26. The zero-order chi connectivity index (χ0) is 15.5. The van der Waals surface area contributed by atoms with Crippen LogP contribution in [-0.2, 0) is 19.6 Å². The predicted molar refractivity (Wildman–Crippen MR) is 74.0 cm³/mol. The van der Waals surface area contributed by atoms with Crippen molar-refractivity contribution in [1.29, 1.82) is 0 Å². The van der Waals surface area contributed by atoms with Crippen LogP contribution in [-0.4, -0.2) is 49.4 Å². The lowest BCUT2D eigenvalue weighted by atomic mass is 10.2. The van der Waals surface area contributed by atoms with E-state index in [4.69, 9.17) is 5.11 Å². The molecule has 0 unspecified atom stereocenters. The summed E-state index contributed by atoms with van der Waals surface area (Å²) < 4.78 is 26.1. The van der Waals surface area contributed by atoms with Crippen LogP contribution in [0.1, 0.15) is 12.8 Å². The lowest BCUT2D eigenvalue weighted by Crippen LogP contribution is -2.45. The molecule has 0 spiro atoms. The molecule has 1 fully saturated rings. The number of carboxylic acids is 1. The van der Waals surface area contributed by atoms with Crippen LogP contribution < -0.4 is 4.72 Å². The van der Waals surface area contributed by atoms with Gasteiger partial charge in [0.05, 0.1) is 11.4 Å². The summed E-state index contributed by atoms with van der Waals surface area (Å²) in [6.45, 7) is -0.107. The molecule has 0 aromatic heterocycles. The maximum absolute atomic E-state index is 12.0. The number of rotatable bonds is 5. The lowest BCUT2D eigenvalue weighted by molar-refractivity contribution is -0.147. The number of carbonyl (C=O) groups is 2. The maximum Gasteiger partial charge on any atom is 0.326 e. The number of benzene rings is 1. The van der Waals surface area contributed by atoms with Gasteiger partial charge in [0.15, 0.2) is 0 Å². The Balaban J connectivity index is 2.00. The first-order valence-electron chi connectivity index (χ1n) is 6.49. The fourth-order valence-electron chi connectivity index (χ4n) is 2.26. The number of aliphatic carboxylic acids is 1. The molecule has 1 heterocycles. The summed E-state index contributed by atoms with van der Waals surface area (Å²) >= 11 is 0. The van der Waals surface area contributed by atoms with Crippen LogP contribution in [0.2, 0.25) is 0 Å². The van der Waals surface area contributed by atoms with E-state index in [1.807, 2.05) is 0 Å². The molecule has 0 bridgehead atoms. The van der Waals surface area contributed by atoms with Crippen molar-refractivity contribution in [3.63, 3.8) is 0 Å². The second-order valence-corrected chi connectivity index (χ2v) is 6.49. The van der Waals surface area contributed by atoms with E-state index in [0.717, 1.165) is 0 Å². The van der Waals surface area contributed by atoms with Gasteiger partial charge >= 0.3 is 5.97 Å². The van der Waals surface area contributed by atoms with Gasteiger partial charge in [0.2, 0.25) is 15.9 Å². The van der Waals surface area contributed by atoms with Gasteiger partial charge in [-0.25, -0.2) is 17.9 Å². The van der Waals surface area contributed by atoms with Gasteiger partial charge < -0.3 is 10.0 Å². The molecule has 1 saturated heterocycles. The zero-order valence-corrected chi connectivity index (χ0v) is 12.0. The van der Waals surface area contributed by atoms with Crippen LogP contribution in [0.5, 0.6) is 0 Å². The molecule has 0 radical (unpaired) electrons. The quantitative estimate of drug-likeness (QED) is 0.799. The highest BCUT2D eigenvalue weighted by molar-refractivity contribution is 7.89. The van der Waals surface area contributed by atoms with Gasteiger partial charge in [-0.05, 0) is 25.0 Å². The summed E-state index contributed by atoms with van der Waals surface area (Å²) in [6.07, 6.45) is 1.00. The molecule has 1 aromatic carbocycles. The first-order chi connectivity index (χ1) is 9.92. The minimum absolute atomic E-state index is 0.0639. The third-order valence-electron chi connectivity index (χ3n) is 3.33. The van der Waals surface area contributed by atoms with Gasteiger partial charge in [-0.2, -0.15) is 0 Å². The monoisotopic (exact) mass is 312 g/mol. The average molecular weight is 312 g/mol. The summed E-state index contributed by atoms with van der Waals surface area (Å²) in [5.41, 5.74) is 0. The molecule has 1 aliphatic heterocycles. The van der Waals surface area contributed by atoms with Crippen molar-refractivity contribution < 1.29 is 23.1 Å². The Morgan fingerprint density at radius 1 is 1.29 bits per heavy atom. The van der Waals surface area contributed by atoms with Crippen LogP contribution >= 0.6 is 0 Å². The maximum atomic E-state index is 12.0. The Morgan fingerprint density at radius 3 is 2.57 bits per heavy atom. The molecular weight excluding hydrogens is 296 g/mol. The molecule has 1 amide bonds. The molecular formula is C13H16N2O5S. The highest BCUT2D eigenvalue weighted by atomic mass is 32.2. The molecule has 1 atom stereocenters. The van der Waals surface area contributed by atoms with E-state index >= 15 is 0 Å². The Morgan fingerprint density at radius 2 is 1.95 bits per heavy atom. The third-order valence-corrected chi connectivity index (χ3v) is 4.74. The minimum atomic E-state index is -3.77. The first-order valence-corrected chi connectivity index (χ1v) is 7.97. The van der Waals surface area contributed by atoms with E-state index in [-0.39, 0.29) is 4.90 Å². The van der Waals surface area contributed by atoms with Crippen LogP contribution in [0, 0.1) is 0 Å². The Kier molecular flexibility index (Phi) is 4.59. The number of nitrogens with zero attached hydrogens (tertiary/aromatic N) is 1. The topological polar surface area (TPSA) is 104 Å². The molecule has 0 saturated carbocycles. The predicted octanol–water partition coefficient (Wildman–Crippen LogP) is 0.0405. The van der Waals surface area contributed by atoms with Gasteiger partial charge in [0.25, 0.3) is 0 Å². The SMILES string of the molecule is O=C(O)[C@@H]1CCCN1C(=O)CNS(=O)(=O)c1ccccc1. The number of amides is 1. The number of nitrogens with one attached hydrogen (secondary N) is 1. The van der Waals surface area contributed by atoms with E-state index in [1.165, 1.54) is 17.0 Å². The van der Waals surface area contributed by atoms with Gasteiger partial charge in [0, 0.05) is 6.54 Å². The number of carboxylic acid groups (broad SMARTS) is 1. The smallest absolute Gasteiger partial charge is 0.326 e. The van der Waals surface area contributed by atoms with Crippen LogP contribution in [0.25, 0.3) is 0 Å². The molecule has 114 valence electrons. The molecule has 0 aliphatic carbocycles. The lowest BCUT2D eigenvalue weighted by Gasteiger charge is -2.21. The standard InChI is InChI=1S/C13H16N2O5S/c16-12(15-8-4-7-11(15)13(17)18)9-14-21(19,20)10-5-2-1-3-6-10/h1-3,5-6,11,14H,4,7-9H2,(H,17,18)/t11-/m0/s1. The summed E-state index contributed by atoms with van der Waals surface area (Å²) in [5, 5.41) is 9.01. The third kappa shape index (κ3) is 3.59. The van der Waals surface area contributed by atoms with E-state index in [0.29, 0.717) is 19.4 Å². The summed E-state index contributed by atoms with van der Waals surface area (Å²) in [6, 6.07) is 6.82. The van der Waals surface area contributed by atoms with Crippen molar-refractivity contribution in [3.05, 3.63) is 30.3 Å². The second kappa shape index (κ2) is 6.23. The van der Waals surface area contributed by atoms with Gasteiger partial charge in [-0.1, -0.05) is 18.2 Å². The summed E-state index contributed by atoms with van der Waals surface area (Å²) in [7, 11) is -3.77. The summed E-state index contributed by atoms with van der Waals surface area (Å²) in [5.74, 6) is -1.59. The normalized spacial score (nSPS) is 18.7. The number of carbonyl (C=O) groups excluding carboxylic acids is 1. The molecule has 1 aromatic rings. The van der Waals surface area contributed by atoms with E-state index < -0.39 is 34.5 Å². The van der Waals surface area contributed by atoms with Crippen molar-refractivity contribution in [3.8, 4) is 0 Å². The highest BCUT2D eigenvalue weighted by Gasteiger charge is 2.34. The molecule has 2 N–H and O–H groups in total. The number of sulfonamides is 1. The van der Waals surface area contributed by atoms with E-state index in [1.54, 1.807) is 18.2 Å². The second-order valence-electron chi connectivity index (χ2n) is 4.72. The minimum Gasteiger partial charge on any atom is -0.480 e. The molecule has 21 heavy (non-hydrogen) atoms. The zero-order valence-electron chi connectivity index (χ0n) is 11.2. The first kappa shape index (κ1) is 15.5. The van der Waals surface area contributed by atoms with Crippen molar-refractivity contribution in [2.45, 2.75) is 23.8 Å². The Labute approximate surface area is 122 Å². The van der Waals surface area contributed by atoms with Crippen molar-refractivity contribution in [1.82, 2.24) is 9.62 Å². The van der Waals surface area contributed by atoms with Gasteiger partial charge in [-0.3, -0.25) is 4.79 Å².